The first-order chi connectivity index (χ1) is 13.2. The molecule has 27 heavy (non-hydrogen) atoms. The monoisotopic (exact) mass is 385 g/mol. The molecule has 142 valence electrons. The lowest BCUT2D eigenvalue weighted by atomic mass is 10.1. The summed E-state index contributed by atoms with van der Waals surface area (Å²) in [5.74, 6) is 1.83. The fourth-order valence-electron chi connectivity index (χ4n) is 3.80. The topological polar surface area (TPSA) is 63.6 Å². The van der Waals surface area contributed by atoms with Crippen LogP contribution >= 0.6 is 11.3 Å². The Labute approximate surface area is 161 Å². The number of anilines is 1. The van der Waals surface area contributed by atoms with E-state index in [0.29, 0.717) is 6.10 Å². The molecule has 7 nitrogen and oxygen atoms in total. The van der Waals surface area contributed by atoms with Gasteiger partial charge in [0.25, 0.3) is 0 Å². The number of hydrogen-bond acceptors (Lipinski definition) is 8. The second-order valence-corrected chi connectivity index (χ2v) is 8.22. The van der Waals surface area contributed by atoms with Gasteiger partial charge in [0.05, 0.1) is 29.5 Å². The first-order valence-corrected chi connectivity index (χ1v) is 10.2. The summed E-state index contributed by atoms with van der Waals surface area (Å²) in [6, 6.07) is 2.25. The van der Waals surface area contributed by atoms with Gasteiger partial charge in [0.1, 0.15) is 10.7 Å². The van der Waals surface area contributed by atoms with E-state index in [1.807, 2.05) is 13.1 Å². The van der Waals surface area contributed by atoms with E-state index in [-0.39, 0.29) is 0 Å². The molecule has 0 bridgehead atoms. The maximum absolute atomic E-state index is 5.50. The summed E-state index contributed by atoms with van der Waals surface area (Å²) < 4.78 is 12.0. The molecule has 0 N–H and O–H groups in total. The Morgan fingerprint density at radius 1 is 1.26 bits per heavy atom. The maximum atomic E-state index is 5.50. The van der Waals surface area contributed by atoms with Crippen molar-refractivity contribution in [3.05, 3.63) is 23.7 Å². The van der Waals surface area contributed by atoms with Gasteiger partial charge in [0.2, 0.25) is 0 Å². The normalized spacial score (nSPS) is 19.1. The zero-order chi connectivity index (χ0) is 18.4. The Kier molecular flexibility index (Phi) is 4.43. The Bertz CT molecular complexity index is 979. The lowest BCUT2D eigenvalue weighted by molar-refractivity contribution is -0.0334. The third-order valence-corrected chi connectivity index (χ3v) is 6.39. The van der Waals surface area contributed by atoms with Crippen LogP contribution in [0.25, 0.3) is 20.4 Å². The Morgan fingerprint density at radius 3 is 2.85 bits per heavy atom. The number of hydrogen-bond donors (Lipinski definition) is 0. The number of aryl methyl sites for hydroxylation is 1. The Morgan fingerprint density at radius 2 is 2.07 bits per heavy atom. The molecule has 8 heteroatoms. The van der Waals surface area contributed by atoms with Crippen LogP contribution in [0.5, 0.6) is 0 Å². The molecule has 0 spiro atoms. The second-order valence-electron chi connectivity index (χ2n) is 7.22. The van der Waals surface area contributed by atoms with E-state index in [1.165, 1.54) is 5.56 Å². The number of pyridine rings is 1. The highest BCUT2D eigenvalue weighted by Gasteiger charge is 2.26. The summed E-state index contributed by atoms with van der Waals surface area (Å²) in [4.78, 5) is 20.0. The van der Waals surface area contributed by atoms with Gasteiger partial charge in [-0.25, -0.2) is 15.0 Å². The van der Waals surface area contributed by atoms with Crippen molar-refractivity contribution in [3.8, 4) is 0 Å². The zero-order valence-electron chi connectivity index (χ0n) is 15.6. The number of fused-ring (bicyclic) bond motifs is 3. The maximum Gasteiger partial charge on any atom is 0.150 e. The molecular formula is C19H23N5O2S. The quantitative estimate of drug-likeness (QED) is 0.682. The number of ether oxygens (including phenoxy) is 2. The number of thiophene rings is 1. The van der Waals surface area contributed by atoms with E-state index < -0.39 is 0 Å². The molecule has 5 rings (SSSR count). The van der Waals surface area contributed by atoms with Crippen molar-refractivity contribution in [2.24, 2.45) is 0 Å². The molecule has 0 amide bonds. The second kappa shape index (κ2) is 6.94. The molecule has 0 saturated carbocycles. The van der Waals surface area contributed by atoms with E-state index in [0.717, 1.165) is 78.0 Å². The van der Waals surface area contributed by atoms with Gasteiger partial charge in [-0.1, -0.05) is 0 Å². The number of likely N-dealkylation sites (tertiary alicyclic amines) is 1. The first-order valence-electron chi connectivity index (χ1n) is 9.35. The summed E-state index contributed by atoms with van der Waals surface area (Å²) in [6.07, 6.45) is 2.36. The van der Waals surface area contributed by atoms with Crippen LogP contribution < -0.4 is 4.90 Å². The lowest BCUT2D eigenvalue weighted by Gasteiger charge is -2.38. The minimum absolute atomic E-state index is 0.370. The zero-order valence-corrected chi connectivity index (χ0v) is 16.5. The summed E-state index contributed by atoms with van der Waals surface area (Å²) in [5, 5.41) is 1.14. The molecule has 0 aliphatic carbocycles. The molecule has 0 atom stereocenters. The number of methoxy groups -OCH3 is 1. The highest BCUT2D eigenvalue weighted by atomic mass is 32.1. The van der Waals surface area contributed by atoms with Crippen LogP contribution in [0.1, 0.15) is 11.4 Å². The Hall–Kier alpha value is -1.87. The van der Waals surface area contributed by atoms with Crippen molar-refractivity contribution in [1.82, 2.24) is 19.9 Å². The SMILES string of the molecule is COC1CN(Cc2cnc3sc4c(N5CCOCC5)nc(C)nc4c3c2)C1. The first kappa shape index (κ1) is 17.2. The van der Waals surface area contributed by atoms with Crippen LogP contribution in [0.15, 0.2) is 12.3 Å². The fourth-order valence-corrected chi connectivity index (χ4v) is 4.88. The molecular weight excluding hydrogens is 362 g/mol. The largest absolute Gasteiger partial charge is 0.379 e. The molecule has 0 aromatic carbocycles. The third-order valence-electron chi connectivity index (χ3n) is 5.29. The molecule has 2 aliphatic rings. The molecule has 0 unspecified atom stereocenters. The van der Waals surface area contributed by atoms with Crippen molar-refractivity contribution in [2.45, 2.75) is 19.6 Å². The van der Waals surface area contributed by atoms with Crippen LogP contribution in [-0.4, -0.2) is 72.5 Å². The molecule has 2 fully saturated rings. The van der Waals surface area contributed by atoms with E-state index in [9.17, 15) is 0 Å². The van der Waals surface area contributed by atoms with Gasteiger partial charge in [-0.2, -0.15) is 0 Å². The molecule has 2 saturated heterocycles. The highest BCUT2D eigenvalue weighted by molar-refractivity contribution is 7.25. The van der Waals surface area contributed by atoms with Gasteiger partial charge in [0.15, 0.2) is 5.82 Å². The van der Waals surface area contributed by atoms with E-state index in [4.69, 9.17) is 24.4 Å². The van der Waals surface area contributed by atoms with Gasteiger partial charge >= 0.3 is 0 Å². The third kappa shape index (κ3) is 3.16. The van der Waals surface area contributed by atoms with Gasteiger partial charge < -0.3 is 14.4 Å². The number of rotatable bonds is 4. The van der Waals surface area contributed by atoms with Crippen LogP contribution in [0, 0.1) is 6.92 Å². The van der Waals surface area contributed by atoms with Crippen LogP contribution in [0.3, 0.4) is 0 Å². The number of aromatic nitrogens is 3. The molecule has 0 radical (unpaired) electrons. The van der Waals surface area contributed by atoms with E-state index in [1.54, 1.807) is 18.4 Å². The van der Waals surface area contributed by atoms with Crippen molar-refractivity contribution in [3.63, 3.8) is 0 Å². The molecule has 3 aromatic heterocycles. The van der Waals surface area contributed by atoms with Crippen molar-refractivity contribution < 1.29 is 9.47 Å². The molecule has 3 aromatic rings. The smallest absolute Gasteiger partial charge is 0.150 e. The number of nitrogens with zero attached hydrogens (tertiary/aromatic N) is 5. The van der Waals surface area contributed by atoms with Crippen molar-refractivity contribution >= 4 is 37.6 Å². The minimum atomic E-state index is 0.370. The van der Waals surface area contributed by atoms with E-state index in [2.05, 4.69) is 15.9 Å². The lowest BCUT2D eigenvalue weighted by Crippen LogP contribution is -2.50. The fraction of sp³-hybridized carbons (Fsp3) is 0.526. The average Bonchev–Trinajstić information content (AvgIpc) is 3.02. The highest BCUT2D eigenvalue weighted by Crippen LogP contribution is 2.37. The van der Waals surface area contributed by atoms with Gasteiger partial charge in [-0.05, 0) is 18.6 Å². The summed E-state index contributed by atoms with van der Waals surface area (Å²) in [5.41, 5.74) is 2.25. The van der Waals surface area contributed by atoms with Crippen molar-refractivity contribution in [2.75, 3.05) is 51.4 Å². The standard InChI is InChI=1S/C19H23N5O2S/c1-12-21-16-15-7-13(9-23-10-14(11-23)25-2)8-20-19(15)27-17(16)18(22-12)24-3-5-26-6-4-24/h7-8,14H,3-6,9-11H2,1-2H3. The molecule has 2 aliphatic heterocycles. The van der Waals surface area contributed by atoms with Crippen LogP contribution in [-0.2, 0) is 16.0 Å². The van der Waals surface area contributed by atoms with Crippen LogP contribution in [0.4, 0.5) is 5.82 Å². The van der Waals surface area contributed by atoms with Crippen molar-refractivity contribution in [1.29, 1.82) is 0 Å². The summed E-state index contributed by atoms with van der Waals surface area (Å²) >= 11 is 1.69. The average molecular weight is 385 g/mol. The van der Waals surface area contributed by atoms with Gasteiger partial charge in [-0.15, -0.1) is 11.3 Å². The predicted octanol–water partition coefficient (Wildman–Crippen LogP) is 2.22. The van der Waals surface area contributed by atoms with Crippen LogP contribution in [0.2, 0.25) is 0 Å². The number of morpholine rings is 1. The minimum Gasteiger partial charge on any atom is -0.379 e. The van der Waals surface area contributed by atoms with Gasteiger partial charge in [-0.3, -0.25) is 4.90 Å². The Balaban J connectivity index is 1.52. The predicted molar refractivity (Wildman–Crippen MR) is 107 cm³/mol. The van der Waals surface area contributed by atoms with Gasteiger partial charge in [0, 0.05) is 51.4 Å². The summed E-state index contributed by atoms with van der Waals surface area (Å²) in [6.45, 7) is 8.08. The van der Waals surface area contributed by atoms with E-state index >= 15 is 0 Å². The molecule has 5 heterocycles. The summed E-state index contributed by atoms with van der Waals surface area (Å²) in [7, 11) is 1.78.